The van der Waals surface area contributed by atoms with Gasteiger partial charge < -0.3 is 15.0 Å². The molecule has 0 aliphatic carbocycles. The summed E-state index contributed by atoms with van der Waals surface area (Å²) in [6, 6.07) is 3.90. The van der Waals surface area contributed by atoms with Gasteiger partial charge in [0, 0.05) is 5.69 Å². The quantitative estimate of drug-likeness (QED) is 0.815. The Labute approximate surface area is 113 Å². The number of rotatable bonds is 1. The van der Waals surface area contributed by atoms with E-state index in [1.165, 1.54) is 0 Å². The largest absolute Gasteiger partial charge is 0.363 e. The lowest BCUT2D eigenvalue weighted by Gasteiger charge is -2.44. The molecular weight excluding hydrogens is 242 g/mol. The monoisotopic (exact) mass is 261 g/mol. The summed E-state index contributed by atoms with van der Waals surface area (Å²) in [4.78, 5) is 18.2. The molecule has 0 saturated carbocycles. The fourth-order valence-corrected chi connectivity index (χ4v) is 2.75. The Bertz CT molecular complexity index is 466. The molecule has 3 rings (SSSR count). The molecule has 0 radical (unpaired) electrons. The molecule has 2 fully saturated rings. The first-order valence-corrected chi connectivity index (χ1v) is 6.76. The average Bonchev–Trinajstić information content (AvgIpc) is 2.44. The number of carbonyl (C=O) groups excluding carboxylic acids is 1. The summed E-state index contributed by atoms with van der Waals surface area (Å²) < 4.78 is 5.84. The predicted octanol–water partition coefficient (Wildman–Crippen LogP) is 0.875. The molecule has 1 N–H and O–H groups in total. The van der Waals surface area contributed by atoms with Crippen LogP contribution in [0.2, 0.25) is 0 Å². The van der Waals surface area contributed by atoms with Gasteiger partial charge in [-0.15, -0.1) is 0 Å². The first kappa shape index (κ1) is 12.6. The van der Waals surface area contributed by atoms with Gasteiger partial charge in [-0.2, -0.15) is 0 Å². The topological polar surface area (TPSA) is 54.5 Å². The van der Waals surface area contributed by atoms with Crippen molar-refractivity contribution in [1.29, 1.82) is 0 Å². The maximum absolute atomic E-state index is 12.1. The van der Waals surface area contributed by atoms with Crippen molar-refractivity contribution in [2.45, 2.75) is 25.4 Å². The van der Waals surface area contributed by atoms with Crippen LogP contribution in [-0.4, -0.2) is 42.7 Å². The smallest absolute Gasteiger partial charge is 0.253 e. The Hall–Kier alpha value is -1.46. The van der Waals surface area contributed by atoms with E-state index in [2.05, 4.69) is 10.3 Å². The van der Waals surface area contributed by atoms with Crippen molar-refractivity contribution in [2.75, 3.05) is 31.1 Å². The highest BCUT2D eigenvalue weighted by molar-refractivity contribution is 5.95. The SMILES string of the molecule is Cc1ccc(N2CC3(CCNCC3)OCC2=O)cn1. The van der Waals surface area contributed by atoms with Crippen molar-refractivity contribution in [3.63, 3.8) is 0 Å². The zero-order valence-electron chi connectivity index (χ0n) is 11.2. The van der Waals surface area contributed by atoms with Crippen LogP contribution >= 0.6 is 0 Å². The molecule has 19 heavy (non-hydrogen) atoms. The number of pyridine rings is 1. The van der Waals surface area contributed by atoms with Gasteiger partial charge in [-0.1, -0.05) is 0 Å². The molecule has 0 bridgehead atoms. The van der Waals surface area contributed by atoms with E-state index in [0.29, 0.717) is 6.54 Å². The van der Waals surface area contributed by atoms with Crippen molar-refractivity contribution >= 4 is 11.6 Å². The van der Waals surface area contributed by atoms with Crippen molar-refractivity contribution in [1.82, 2.24) is 10.3 Å². The van der Waals surface area contributed by atoms with Crippen LogP contribution in [-0.2, 0) is 9.53 Å². The number of morpholine rings is 1. The van der Waals surface area contributed by atoms with Crippen LogP contribution < -0.4 is 10.2 Å². The van der Waals surface area contributed by atoms with Crippen molar-refractivity contribution in [3.05, 3.63) is 24.0 Å². The third kappa shape index (κ3) is 2.48. The van der Waals surface area contributed by atoms with Gasteiger partial charge >= 0.3 is 0 Å². The number of nitrogens with zero attached hydrogens (tertiary/aromatic N) is 2. The summed E-state index contributed by atoms with van der Waals surface area (Å²) in [7, 11) is 0. The van der Waals surface area contributed by atoms with Gasteiger partial charge in [0.05, 0.1) is 24.0 Å². The number of carbonyl (C=O) groups is 1. The number of anilines is 1. The number of aromatic nitrogens is 1. The molecule has 0 aromatic carbocycles. The number of nitrogens with one attached hydrogen (secondary N) is 1. The summed E-state index contributed by atoms with van der Waals surface area (Å²) >= 11 is 0. The average molecular weight is 261 g/mol. The maximum atomic E-state index is 12.1. The van der Waals surface area contributed by atoms with E-state index in [1.54, 1.807) is 6.20 Å². The van der Waals surface area contributed by atoms with Gasteiger partial charge in [-0.05, 0) is 45.0 Å². The Morgan fingerprint density at radius 3 is 2.84 bits per heavy atom. The van der Waals surface area contributed by atoms with Crippen LogP contribution in [0.3, 0.4) is 0 Å². The maximum Gasteiger partial charge on any atom is 0.253 e. The standard InChI is InChI=1S/C14H19N3O2/c1-11-2-3-12(8-16-11)17-10-14(19-9-13(17)18)4-6-15-7-5-14/h2-3,8,15H,4-7,9-10H2,1H3. The minimum Gasteiger partial charge on any atom is -0.363 e. The molecule has 1 amide bonds. The summed E-state index contributed by atoms with van der Waals surface area (Å²) in [6.07, 6.45) is 3.68. The molecule has 2 aliphatic rings. The third-order valence-electron chi connectivity index (χ3n) is 3.97. The molecule has 1 spiro atoms. The van der Waals surface area contributed by atoms with Crippen LogP contribution in [0.25, 0.3) is 0 Å². The lowest BCUT2D eigenvalue weighted by molar-refractivity contribution is -0.141. The molecule has 1 aromatic rings. The highest BCUT2D eigenvalue weighted by atomic mass is 16.5. The summed E-state index contributed by atoms with van der Waals surface area (Å²) in [5.74, 6) is 0.0230. The fourth-order valence-electron chi connectivity index (χ4n) is 2.75. The van der Waals surface area contributed by atoms with Gasteiger partial charge in [-0.3, -0.25) is 9.78 Å². The molecule has 3 heterocycles. The van der Waals surface area contributed by atoms with Crippen LogP contribution in [0.15, 0.2) is 18.3 Å². The number of hydrogen-bond acceptors (Lipinski definition) is 4. The second-order valence-corrected chi connectivity index (χ2v) is 5.36. The van der Waals surface area contributed by atoms with E-state index in [9.17, 15) is 4.79 Å². The molecule has 2 aliphatic heterocycles. The van der Waals surface area contributed by atoms with Crippen molar-refractivity contribution in [3.8, 4) is 0 Å². The molecule has 0 unspecified atom stereocenters. The lowest BCUT2D eigenvalue weighted by Crippen LogP contribution is -2.58. The minimum absolute atomic E-state index is 0.0230. The number of ether oxygens (including phenoxy) is 1. The molecule has 102 valence electrons. The van der Waals surface area contributed by atoms with Gasteiger partial charge in [-0.25, -0.2) is 0 Å². The highest BCUT2D eigenvalue weighted by Gasteiger charge is 2.41. The van der Waals surface area contributed by atoms with Crippen molar-refractivity contribution in [2.24, 2.45) is 0 Å². The zero-order valence-corrected chi connectivity index (χ0v) is 11.2. The number of piperidine rings is 1. The summed E-state index contributed by atoms with van der Waals surface area (Å²) in [5.41, 5.74) is 1.65. The van der Waals surface area contributed by atoms with Crippen LogP contribution in [0, 0.1) is 6.92 Å². The number of hydrogen-bond donors (Lipinski definition) is 1. The van der Waals surface area contributed by atoms with E-state index in [-0.39, 0.29) is 18.1 Å². The number of amides is 1. The normalized spacial score (nSPS) is 22.8. The van der Waals surface area contributed by atoms with E-state index in [1.807, 2.05) is 24.0 Å². The molecular formula is C14H19N3O2. The Kier molecular flexibility index (Phi) is 3.24. The highest BCUT2D eigenvalue weighted by Crippen LogP contribution is 2.30. The molecule has 0 atom stereocenters. The molecule has 5 nitrogen and oxygen atoms in total. The first-order valence-electron chi connectivity index (χ1n) is 6.76. The molecule has 5 heteroatoms. The second-order valence-electron chi connectivity index (χ2n) is 5.36. The lowest BCUT2D eigenvalue weighted by atomic mass is 9.90. The zero-order chi connectivity index (χ0) is 13.3. The van der Waals surface area contributed by atoms with E-state index in [0.717, 1.165) is 37.3 Å². The number of aryl methyl sites for hydroxylation is 1. The van der Waals surface area contributed by atoms with Gasteiger partial charge in [0.2, 0.25) is 0 Å². The molecule has 2 saturated heterocycles. The Morgan fingerprint density at radius 1 is 1.37 bits per heavy atom. The Morgan fingerprint density at radius 2 is 2.16 bits per heavy atom. The minimum atomic E-state index is -0.177. The van der Waals surface area contributed by atoms with Crippen LogP contribution in [0.4, 0.5) is 5.69 Å². The van der Waals surface area contributed by atoms with Gasteiger partial charge in [0.25, 0.3) is 5.91 Å². The van der Waals surface area contributed by atoms with E-state index >= 15 is 0 Å². The first-order chi connectivity index (χ1) is 9.19. The van der Waals surface area contributed by atoms with Crippen molar-refractivity contribution < 1.29 is 9.53 Å². The van der Waals surface area contributed by atoms with E-state index < -0.39 is 0 Å². The third-order valence-corrected chi connectivity index (χ3v) is 3.97. The summed E-state index contributed by atoms with van der Waals surface area (Å²) in [6.45, 7) is 4.66. The van der Waals surface area contributed by atoms with Crippen LogP contribution in [0.5, 0.6) is 0 Å². The summed E-state index contributed by atoms with van der Waals surface area (Å²) in [5, 5.41) is 3.33. The predicted molar refractivity (Wildman–Crippen MR) is 72.1 cm³/mol. The van der Waals surface area contributed by atoms with Gasteiger partial charge in [0.1, 0.15) is 6.61 Å². The van der Waals surface area contributed by atoms with Gasteiger partial charge in [0.15, 0.2) is 0 Å². The molecule has 1 aromatic heterocycles. The Balaban J connectivity index is 1.83. The second kappa shape index (κ2) is 4.90. The fraction of sp³-hybridized carbons (Fsp3) is 0.571. The van der Waals surface area contributed by atoms with Crippen LogP contribution in [0.1, 0.15) is 18.5 Å². The van der Waals surface area contributed by atoms with E-state index in [4.69, 9.17) is 4.74 Å².